The Bertz CT molecular complexity index is 594. The number of hydrogen-bond acceptors (Lipinski definition) is 10. The predicted octanol–water partition coefficient (Wildman–Crippen LogP) is -2.76. The Hall–Kier alpha value is -2.45. The highest BCUT2D eigenvalue weighted by atomic mass is 16.7. The standard InChI is InChI=1S/C14H23N3O10/c1-6(15)27-14(26-5-12(23)24,13(25)8(17)3-11(21)22)4-9(18)7(16)2-10(19)20/h6-8H,2-5,15-17H2,1H3,(H,19,20)(H,21,22)(H,23,24). The molecule has 154 valence electrons. The lowest BCUT2D eigenvalue weighted by molar-refractivity contribution is -0.246. The van der Waals surface area contributed by atoms with Crippen LogP contribution in [-0.2, 0) is 33.4 Å². The first-order valence-electron chi connectivity index (χ1n) is 7.61. The molecule has 0 fully saturated rings. The molecule has 0 aliphatic heterocycles. The summed E-state index contributed by atoms with van der Waals surface area (Å²) in [5.41, 5.74) is 16.4. The molecule has 9 N–H and O–H groups in total. The van der Waals surface area contributed by atoms with Gasteiger partial charge in [0.15, 0.2) is 5.78 Å². The van der Waals surface area contributed by atoms with Crippen LogP contribution in [0.25, 0.3) is 0 Å². The molecule has 27 heavy (non-hydrogen) atoms. The number of aliphatic carboxylic acids is 3. The van der Waals surface area contributed by atoms with Gasteiger partial charge in [-0.1, -0.05) is 0 Å². The lowest BCUT2D eigenvalue weighted by atomic mass is 9.94. The van der Waals surface area contributed by atoms with E-state index in [1.54, 1.807) is 0 Å². The minimum atomic E-state index is -2.64. The maximum Gasteiger partial charge on any atom is 0.329 e. The van der Waals surface area contributed by atoms with Crippen molar-refractivity contribution < 1.29 is 48.8 Å². The first kappa shape index (κ1) is 24.6. The molecule has 4 atom stereocenters. The fourth-order valence-electron chi connectivity index (χ4n) is 2.05. The summed E-state index contributed by atoms with van der Waals surface area (Å²) in [6, 6.07) is -3.28. The third kappa shape index (κ3) is 8.65. The number of hydrogen-bond donors (Lipinski definition) is 6. The average molecular weight is 393 g/mol. The molecular weight excluding hydrogens is 370 g/mol. The fraction of sp³-hybridized carbons (Fsp3) is 0.643. The van der Waals surface area contributed by atoms with Gasteiger partial charge in [-0.2, -0.15) is 0 Å². The van der Waals surface area contributed by atoms with Crippen molar-refractivity contribution in [3.05, 3.63) is 0 Å². The van der Waals surface area contributed by atoms with E-state index in [1.165, 1.54) is 6.92 Å². The van der Waals surface area contributed by atoms with Gasteiger partial charge in [-0.25, -0.2) is 4.79 Å². The molecule has 0 aliphatic carbocycles. The molecule has 0 saturated carbocycles. The summed E-state index contributed by atoms with van der Waals surface area (Å²) in [4.78, 5) is 57.2. The van der Waals surface area contributed by atoms with Crippen LogP contribution >= 0.6 is 0 Å². The van der Waals surface area contributed by atoms with Gasteiger partial charge in [-0.05, 0) is 6.92 Å². The van der Waals surface area contributed by atoms with Crippen molar-refractivity contribution in [3.63, 3.8) is 0 Å². The minimum absolute atomic E-state index is 0.776. The van der Waals surface area contributed by atoms with Crippen molar-refractivity contribution in [1.82, 2.24) is 0 Å². The van der Waals surface area contributed by atoms with Gasteiger partial charge < -0.3 is 42.0 Å². The Morgan fingerprint density at radius 2 is 1.37 bits per heavy atom. The highest BCUT2D eigenvalue weighted by Crippen LogP contribution is 2.25. The molecule has 4 unspecified atom stereocenters. The van der Waals surface area contributed by atoms with Crippen LogP contribution in [0.4, 0.5) is 0 Å². The Kier molecular flexibility index (Phi) is 9.67. The van der Waals surface area contributed by atoms with Crippen molar-refractivity contribution in [2.24, 2.45) is 17.2 Å². The van der Waals surface area contributed by atoms with Crippen molar-refractivity contribution >= 4 is 29.5 Å². The van der Waals surface area contributed by atoms with E-state index in [1.807, 2.05) is 0 Å². The smallest absolute Gasteiger partial charge is 0.329 e. The summed E-state index contributed by atoms with van der Waals surface area (Å²) in [5.74, 6) is -9.28. The Labute approximate surface area is 153 Å². The Balaban J connectivity index is 5.85. The zero-order chi connectivity index (χ0) is 21.4. The van der Waals surface area contributed by atoms with E-state index in [4.69, 9.17) is 42.0 Å². The first-order chi connectivity index (χ1) is 12.3. The van der Waals surface area contributed by atoms with Gasteiger partial charge >= 0.3 is 17.9 Å². The van der Waals surface area contributed by atoms with E-state index >= 15 is 0 Å². The Morgan fingerprint density at radius 1 is 0.889 bits per heavy atom. The third-order valence-electron chi connectivity index (χ3n) is 3.13. The normalized spacial score (nSPS) is 16.6. The number of carboxylic acids is 3. The topological polar surface area (TPSA) is 243 Å². The lowest BCUT2D eigenvalue weighted by Crippen LogP contribution is -2.57. The van der Waals surface area contributed by atoms with Crippen LogP contribution in [-0.4, -0.2) is 75.5 Å². The molecule has 0 rings (SSSR count). The summed E-state index contributed by atoms with van der Waals surface area (Å²) in [6.07, 6.45) is -3.92. The van der Waals surface area contributed by atoms with Crippen LogP contribution in [0, 0.1) is 0 Å². The number of ether oxygens (including phenoxy) is 2. The lowest BCUT2D eigenvalue weighted by Gasteiger charge is -2.34. The molecule has 0 spiro atoms. The van der Waals surface area contributed by atoms with Gasteiger partial charge in [0.05, 0.1) is 31.3 Å². The summed E-state index contributed by atoms with van der Waals surface area (Å²) >= 11 is 0. The van der Waals surface area contributed by atoms with E-state index in [0.717, 1.165) is 0 Å². The van der Waals surface area contributed by atoms with Crippen molar-refractivity contribution in [3.8, 4) is 0 Å². The number of ketones is 2. The average Bonchev–Trinajstić information content (AvgIpc) is 2.49. The zero-order valence-electron chi connectivity index (χ0n) is 14.5. The van der Waals surface area contributed by atoms with Crippen LogP contribution in [0.3, 0.4) is 0 Å². The molecule has 13 heteroatoms. The third-order valence-corrected chi connectivity index (χ3v) is 3.13. The van der Waals surface area contributed by atoms with Crippen LogP contribution < -0.4 is 17.2 Å². The van der Waals surface area contributed by atoms with Gasteiger partial charge in [-0.15, -0.1) is 0 Å². The number of rotatable bonds is 14. The molecule has 0 saturated heterocycles. The molecule has 0 aromatic rings. The molecule has 0 amide bonds. The first-order valence-corrected chi connectivity index (χ1v) is 7.61. The fourth-order valence-corrected chi connectivity index (χ4v) is 2.05. The van der Waals surface area contributed by atoms with Gasteiger partial charge in [-0.3, -0.25) is 19.2 Å². The predicted molar refractivity (Wildman–Crippen MR) is 86.1 cm³/mol. The highest BCUT2D eigenvalue weighted by Gasteiger charge is 2.47. The second kappa shape index (κ2) is 10.6. The SMILES string of the molecule is CC(N)OC(CC(=O)C(N)CC(=O)O)(OCC(=O)O)C(=O)C(N)CC(=O)O. The molecule has 0 aromatic carbocycles. The zero-order valence-corrected chi connectivity index (χ0v) is 14.5. The number of carboxylic acid groups (broad SMARTS) is 3. The molecule has 0 aromatic heterocycles. The van der Waals surface area contributed by atoms with E-state index in [9.17, 15) is 24.0 Å². The minimum Gasteiger partial charge on any atom is -0.481 e. The van der Waals surface area contributed by atoms with E-state index in [-0.39, 0.29) is 0 Å². The molecule has 0 heterocycles. The van der Waals surface area contributed by atoms with E-state index in [2.05, 4.69) is 0 Å². The molecule has 0 radical (unpaired) electrons. The van der Waals surface area contributed by atoms with Crippen molar-refractivity contribution in [2.75, 3.05) is 6.61 Å². The maximum absolute atomic E-state index is 12.6. The van der Waals surface area contributed by atoms with Crippen molar-refractivity contribution in [1.29, 1.82) is 0 Å². The second-order valence-electron chi connectivity index (χ2n) is 5.67. The number of Topliss-reactive ketones (excluding diaryl/α,β-unsaturated/α-hetero) is 2. The second-order valence-corrected chi connectivity index (χ2v) is 5.67. The monoisotopic (exact) mass is 393 g/mol. The van der Waals surface area contributed by atoms with E-state index < -0.39 is 79.4 Å². The molecule has 0 bridgehead atoms. The van der Waals surface area contributed by atoms with E-state index in [0.29, 0.717) is 0 Å². The van der Waals surface area contributed by atoms with Crippen LogP contribution in [0.15, 0.2) is 0 Å². The quantitative estimate of drug-likeness (QED) is 0.164. The summed E-state index contributed by atoms with van der Waals surface area (Å²) in [6.45, 7) is 0.121. The van der Waals surface area contributed by atoms with Gasteiger partial charge in [0.2, 0.25) is 11.6 Å². The number of carbonyl (C=O) groups is 5. The van der Waals surface area contributed by atoms with Crippen LogP contribution in [0.2, 0.25) is 0 Å². The number of carbonyl (C=O) groups excluding carboxylic acids is 2. The molecule has 0 aliphatic rings. The van der Waals surface area contributed by atoms with Crippen molar-refractivity contribution in [2.45, 2.75) is 50.3 Å². The van der Waals surface area contributed by atoms with Gasteiger partial charge in [0.25, 0.3) is 0 Å². The summed E-state index contributed by atoms with van der Waals surface area (Å²) < 4.78 is 10.1. The Morgan fingerprint density at radius 3 is 1.78 bits per heavy atom. The number of nitrogens with two attached hydrogens (primary N) is 3. The van der Waals surface area contributed by atoms with Gasteiger partial charge in [0, 0.05) is 0 Å². The maximum atomic E-state index is 12.6. The largest absolute Gasteiger partial charge is 0.481 e. The summed E-state index contributed by atoms with van der Waals surface area (Å²) in [7, 11) is 0. The molecule has 13 nitrogen and oxygen atoms in total. The summed E-state index contributed by atoms with van der Waals surface area (Å²) in [5, 5.41) is 26.3. The van der Waals surface area contributed by atoms with Gasteiger partial charge in [0.1, 0.15) is 12.8 Å². The van der Waals surface area contributed by atoms with Crippen LogP contribution in [0.1, 0.15) is 26.2 Å². The molecular formula is C14H23N3O10. The van der Waals surface area contributed by atoms with Crippen LogP contribution in [0.5, 0.6) is 0 Å². The highest BCUT2D eigenvalue weighted by molar-refractivity contribution is 5.98.